The number of benzene rings is 1. The first-order valence-electron chi connectivity index (χ1n) is 7.45. The molecule has 0 aromatic heterocycles. The van der Waals surface area contributed by atoms with E-state index in [1.54, 1.807) is 6.92 Å². The lowest BCUT2D eigenvalue weighted by molar-refractivity contribution is -0.127. The Kier molecular flexibility index (Phi) is 7.07. The van der Waals surface area contributed by atoms with Crippen LogP contribution in [0.2, 0.25) is 5.02 Å². The summed E-state index contributed by atoms with van der Waals surface area (Å²) < 4.78 is 5.93. The Balaban J connectivity index is 2.48. The summed E-state index contributed by atoms with van der Waals surface area (Å²) >= 11 is 7.96. The van der Waals surface area contributed by atoms with Gasteiger partial charge < -0.3 is 10.1 Å². The van der Waals surface area contributed by atoms with E-state index in [1.807, 2.05) is 37.7 Å². The third-order valence-corrected chi connectivity index (χ3v) is 4.90. The molecule has 0 bridgehead atoms. The molecular formula is C17H26ClNO2S. The molecule has 0 fully saturated rings. The average Bonchev–Trinajstić information content (AvgIpc) is 2.39. The normalized spacial score (nSPS) is 12.9. The number of carbonyl (C=O) groups is 1. The third kappa shape index (κ3) is 6.49. The van der Waals surface area contributed by atoms with Crippen LogP contribution >= 0.6 is 23.4 Å². The van der Waals surface area contributed by atoms with Crippen LogP contribution in [0.3, 0.4) is 0 Å². The first kappa shape index (κ1) is 19.2. The van der Waals surface area contributed by atoms with Crippen LogP contribution in [-0.4, -0.2) is 29.1 Å². The van der Waals surface area contributed by atoms with Gasteiger partial charge in [0.2, 0.25) is 0 Å². The lowest BCUT2D eigenvalue weighted by atomic mass is 10.1. The minimum Gasteiger partial charge on any atom is -0.481 e. The van der Waals surface area contributed by atoms with Gasteiger partial charge in [0, 0.05) is 22.1 Å². The van der Waals surface area contributed by atoms with Gasteiger partial charge in [-0.1, -0.05) is 32.4 Å². The summed E-state index contributed by atoms with van der Waals surface area (Å²) in [5, 5.41) is 3.64. The molecular weight excluding hydrogens is 318 g/mol. The molecule has 124 valence electrons. The zero-order chi connectivity index (χ0) is 16.9. The van der Waals surface area contributed by atoms with Gasteiger partial charge in [0.25, 0.3) is 5.91 Å². The number of aryl methyl sites for hydroxylation is 2. The number of nitrogens with one attached hydrogen (secondary N) is 1. The number of ether oxygens (including phenoxy) is 1. The SMILES string of the molecule is Cc1cc(O[C@@H](C)C(=O)NCCSC(C)(C)C)cc(C)c1Cl. The smallest absolute Gasteiger partial charge is 0.260 e. The number of hydrogen-bond donors (Lipinski definition) is 1. The Morgan fingerprint density at radius 3 is 2.36 bits per heavy atom. The molecule has 0 aliphatic carbocycles. The van der Waals surface area contributed by atoms with Crippen molar-refractivity contribution in [3.05, 3.63) is 28.3 Å². The number of carbonyl (C=O) groups excluding carboxylic acids is 1. The van der Waals surface area contributed by atoms with E-state index >= 15 is 0 Å². The van der Waals surface area contributed by atoms with E-state index in [4.69, 9.17) is 16.3 Å². The van der Waals surface area contributed by atoms with E-state index in [9.17, 15) is 4.79 Å². The van der Waals surface area contributed by atoms with Gasteiger partial charge >= 0.3 is 0 Å². The zero-order valence-corrected chi connectivity index (χ0v) is 15.8. The Morgan fingerprint density at radius 2 is 1.86 bits per heavy atom. The minimum absolute atomic E-state index is 0.0974. The maximum atomic E-state index is 12.0. The van der Waals surface area contributed by atoms with Crippen LogP contribution in [0.1, 0.15) is 38.8 Å². The van der Waals surface area contributed by atoms with Crippen molar-refractivity contribution in [2.24, 2.45) is 0 Å². The second-order valence-electron chi connectivity index (χ2n) is 6.38. The van der Waals surface area contributed by atoms with Crippen molar-refractivity contribution in [3.63, 3.8) is 0 Å². The number of rotatable bonds is 6. The second-order valence-corrected chi connectivity index (χ2v) is 8.68. The van der Waals surface area contributed by atoms with Crippen molar-refractivity contribution in [2.45, 2.75) is 52.4 Å². The highest BCUT2D eigenvalue weighted by Gasteiger charge is 2.16. The quantitative estimate of drug-likeness (QED) is 0.779. The fourth-order valence-corrected chi connectivity index (χ4v) is 2.83. The average molecular weight is 344 g/mol. The van der Waals surface area contributed by atoms with Gasteiger partial charge in [0.1, 0.15) is 5.75 Å². The summed E-state index contributed by atoms with van der Waals surface area (Å²) in [6, 6.07) is 3.71. The molecule has 0 aliphatic heterocycles. The molecule has 1 N–H and O–H groups in total. The lowest BCUT2D eigenvalue weighted by Gasteiger charge is -2.19. The molecule has 0 aliphatic rings. The molecule has 0 saturated carbocycles. The molecule has 0 unspecified atom stereocenters. The fraction of sp³-hybridized carbons (Fsp3) is 0.588. The summed E-state index contributed by atoms with van der Waals surface area (Å²) in [6.45, 7) is 12.7. The van der Waals surface area contributed by atoms with Crippen molar-refractivity contribution in [1.82, 2.24) is 5.32 Å². The highest BCUT2D eigenvalue weighted by molar-refractivity contribution is 8.00. The predicted octanol–water partition coefficient (Wildman–Crippen LogP) is 4.37. The van der Waals surface area contributed by atoms with E-state index < -0.39 is 6.10 Å². The standard InChI is InChI=1S/C17H26ClNO2S/c1-11-9-14(10-12(2)15(11)18)21-13(3)16(20)19-7-8-22-17(4,5)6/h9-10,13H,7-8H2,1-6H3,(H,19,20)/t13-/m0/s1. The van der Waals surface area contributed by atoms with Crippen molar-refractivity contribution < 1.29 is 9.53 Å². The number of hydrogen-bond acceptors (Lipinski definition) is 3. The van der Waals surface area contributed by atoms with Crippen LogP contribution in [-0.2, 0) is 4.79 Å². The van der Waals surface area contributed by atoms with Crippen molar-refractivity contribution in [1.29, 1.82) is 0 Å². The number of halogens is 1. The molecule has 22 heavy (non-hydrogen) atoms. The molecule has 3 nitrogen and oxygen atoms in total. The minimum atomic E-state index is -0.528. The van der Waals surface area contributed by atoms with E-state index in [2.05, 4.69) is 26.1 Å². The Hall–Kier alpha value is -0.870. The first-order chi connectivity index (χ1) is 10.1. The number of amides is 1. The summed E-state index contributed by atoms with van der Waals surface area (Å²) in [5.41, 5.74) is 1.90. The van der Waals surface area contributed by atoms with Crippen LogP contribution in [0.4, 0.5) is 0 Å². The van der Waals surface area contributed by atoms with Crippen LogP contribution in [0.5, 0.6) is 5.75 Å². The van der Waals surface area contributed by atoms with Gasteiger partial charge in [0.05, 0.1) is 0 Å². The van der Waals surface area contributed by atoms with Gasteiger partial charge in [-0.15, -0.1) is 0 Å². The summed E-state index contributed by atoms with van der Waals surface area (Å²) in [4.78, 5) is 12.0. The van der Waals surface area contributed by atoms with Gasteiger partial charge in [-0.3, -0.25) is 4.79 Å². The first-order valence-corrected chi connectivity index (χ1v) is 8.81. The van der Waals surface area contributed by atoms with Crippen LogP contribution < -0.4 is 10.1 Å². The van der Waals surface area contributed by atoms with Crippen molar-refractivity contribution in [3.8, 4) is 5.75 Å². The monoisotopic (exact) mass is 343 g/mol. The van der Waals surface area contributed by atoms with Crippen LogP contribution in [0.25, 0.3) is 0 Å². The van der Waals surface area contributed by atoms with Crippen LogP contribution in [0, 0.1) is 13.8 Å². The molecule has 1 aromatic rings. The number of thioether (sulfide) groups is 1. The Morgan fingerprint density at radius 1 is 1.32 bits per heavy atom. The molecule has 1 atom stereocenters. The van der Waals surface area contributed by atoms with E-state index in [1.165, 1.54) is 0 Å². The maximum absolute atomic E-state index is 12.0. The molecule has 1 rings (SSSR count). The van der Waals surface area contributed by atoms with Crippen molar-refractivity contribution in [2.75, 3.05) is 12.3 Å². The summed E-state index contributed by atoms with van der Waals surface area (Å²) in [5.74, 6) is 1.46. The van der Waals surface area contributed by atoms with Gasteiger partial charge in [-0.05, 0) is 44.0 Å². The Labute approximate surface area is 143 Å². The molecule has 1 amide bonds. The Bertz CT molecular complexity index is 503. The van der Waals surface area contributed by atoms with Crippen LogP contribution in [0.15, 0.2) is 12.1 Å². The zero-order valence-electron chi connectivity index (χ0n) is 14.2. The molecule has 0 heterocycles. The fourth-order valence-electron chi connectivity index (χ4n) is 1.91. The van der Waals surface area contributed by atoms with E-state index in [0.29, 0.717) is 12.3 Å². The molecule has 0 saturated heterocycles. The third-order valence-electron chi connectivity index (χ3n) is 3.03. The molecule has 1 aromatic carbocycles. The molecule has 0 spiro atoms. The molecule has 5 heteroatoms. The highest BCUT2D eigenvalue weighted by Crippen LogP contribution is 2.26. The largest absolute Gasteiger partial charge is 0.481 e. The second kappa shape index (κ2) is 8.11. The molecule has 0 radical (unpaired) electrons. The van der Waals surface area contributed by atoms with Gasteiger partial charge in [-0.25, -0.2) is 0 Å². The van der Waals surface area contributed by atoms with Crippen molar-refractivity contribution >= 4 is 29.3 Å². The summed E-state index contributed by atoms with van der Waals surface area (Å²) in [6.07, 6.45) is -0.528. The predicted molar refractivity (Wildman–Crippen MR) is 96.2 cm³/mol. The van der Waals surface area contributed by atoms with E-state index in [-0.39, 0.29) is 10.7 Å². The lowest BCUT2D eigenvalue weighted by Crippen LogP contribution is -2.37. The van der Waals surface area contributed by atoms with E-state index in [0.717, 1.165) is 21.9 Å². The summed E-state index contributed by atoms with van der Waals surface area (Å²) in [7, 11) is 0. The maximum Gasteiger partial charge on any atom is 0.260 e. The topological polar surface area (TPSA) is 38.3 Å². The highest BCUT2D eigenvalue weighted by atomic mass is 35.5. The van der Waals surface area contributed by atoms with Gasteiger partial charge in [0.15, 0.2) is 6.10 Å². The van der Waals surface area contributed by atoms with Gasteiger partial charge in [-0.2, -0.15) is 11.8 Å².